The zero-order chi connectivity index (χ0) is 15.3. The van der Waals surface area contributed by atoms with Crippen molar-refractivity contribution >= 4 is 21.6 Å². The Kier molecular flexibility index (Phi) is 5.33. The summed E-state index contributed by atoms with van der Waals surface area (Å²) in [5.41, 5.74) is 0.729. The first-order valence-corrected chi connectivity index (χ1v) is 8.59. The van der Waals surface area contributed by atoms with E-state index in [1.165, 1.54) is 0 Å². The van der Waals surface area contributed by atoms with Crippen molar-refractivity contribution in [1.29, 1.82) is 0 Å². The lowest BCUT2D eigenvalue weighted by Crippen LogP contribution is -2.26. The van der Waals surface area contributed by atoms with Crippen molar-refractivity contribution in [1.82, 2.24) is 14.9 Å². The fourth-order valence-corrected chi connectivity index (χ4v) is 2.89. The van der Waals surface area contributed by atoms with Crippen molar-refractivity contribution in [3.8, 4) is 11.5 Å². The summed E-state index contributed by atoms with van der Waals surface area (Å²) in [7, 11) is -3.30. The molecule has 114 valence electrons. The highest BCUT2D eigenvalue weighted by Crippen LogP contribution is 2.20. The number of halogens is 1. The van der Waals surface area contributed by atoms with Crippen LogP contribution in [0.2, 0.25) is 5.02 Å². The van der Waals surface area contributed by atoms with Crippen molar-refractivity contribution in [3.05, 3.63) is 35.2 Å². The lowest BCUT2D eigenvalue weighted by Gasteiger charge is -2.02. The molecule has 0 fully saturated rings. The van der Waals surface area contributed by atoms with E-state index in [4.69, 9.17) is 16.0 Å². The van der Waals surface area contributed by atoms with Crippen molar-refractivity contribution in [3.63, 3.8) is 0 Å². The van der Waals surface area contributed by atoms with Crippen LogP contribution in [0.5, 0.6) is 0 Å². The van der Waals surface area contributed by atoms with Gasteiger partial charge < -0.3 is 4.42 Å². The molecular formula is C13H16ClN3O3S. The summed E-state index contributed by atoms with van der Waals surface area (Å²) in [4.78, 5) is 0. The maximum absolute atomic E-state index is 11.7. The maximum Gasteiger partial charge on any atom is 0.247 e. The molecule has 2 rings (SSSR count). The van der Waals surface area contributed by atoms with E-state index >= 15 is 0 Å². The Balaban J connectivity index is 1.99. The molecule has 1 aromatic heterocycles. The van der Waals surface area contributed by atoms with Crippen LogP contribution in [0, 0.1) is 0 Å². The molecule has 21 heavy (non-hydrogen) atoms. The zero-order valence-corrected chi connectivity index (χ0v) is 13.1. The van der Waals surface area contributed by atoms with Gasteiger partial charge in [0, 0.05) is 10.6 Å². The first kappa shape index (κ1) is 15.9. The van der Waals surface area contributed by atoms with Gasteiger partial charge in [-0.3, -0.25) is 0 Å². The molecule has 0 amide bonds. The second-order valence-corrected chi connectivity index (χ2v) is 6.86. The SMILES string of the molecule is CCCCS(=O)(=O)NCc1nnc(-c2ccc(Cl)cc2)o1. The number of aromatic nitrogens is 2. The first-order chi connectivity index (χ1) is 10.00. The minimum atomic E-state index is -3.30. The van der Waals surface area contributed by atoms with Gasteiger partial charge >= 0.3 is 0 Å². The van der Waals surface area contributed by atoms with Gasteiger partial charge in [-0.05, 0) is 30.7 Å². The summed E-state index contributed by atoms with van der Waals surface area (Å²) in [5.74, 6) is 0.649. The largest absolute Gasteiger partial charge is 0.419 e. The van der Waals surface area contributed by atoms with Crippen LogP contribution in [-0.4, -0.2) is 24.4 Å². The standard InChI is InChI=1S/C13H16ClN3O3S/c1-2-3-8-21(18,19)15-9-12-16-17-13(20-12)10-4-6-11(14)7-5-10/h4-7,15H,2-3,8-9H2,1H3. The molecule has 6 nitrogen and oxygen atoms in total. The molecular weight excluding hydrogens is 314 g/mol. The molecule has 0 aliphatic rings. The molecule has 1 heterocycles. The van der Waals surface area contributed by atoms with Crippen LogP contribution < -0.4 is 4.72 Å². The van der Waals surface area contributed by atoms with E-state index < -0.39 is 10.0 Å². The molecule has 1 aromatic carbocycles. The molecule has 1 N–H and O–H groups in total. The van der Waals surface area contributed by atoms with E-state index in [0.29, 0.717) is 17.3 Å². The van der Waals surface area contributed by atoms with Crippen LogP contribution >= 0.6 is 11.6 Å². The van der Waals surface area contributed by atoms with Gasteiger partial charge in [-0.1, -0.05) is 24.9 Å². The molecule has 8 heteroatoms. The Hall–Kier alpha value is -1.44. The number of unbranched alkanes of at least 4 members (excludes halogenated alkanes) is 1. The van der Waals surface area contributed by atoms with Crippen LogP contribution in [0.3, 0.4) is 0 Å². The Labute approximate surface area is 128 Å². The quantitative estimate of drug-likeness (QED) is 0.844. The molecule has 0 radical (unpaired) electrons. The fraction of sp³-hybridized carbons (Fsp3) is 0.385. The van der Waals surface area contributed by atoms with Gasteiger partial charge in [-0.2, -0.15) is 0 Å². The second kappa shape index (κ2) is 7.02. The summed E-state index contributed by atoms with van der Waals surface area (Å²) in [5, 5.41) is 8.32. The number of rotatable bonds is 7. The third kappa shape index (κ3) is 4.80. The lowest BCUT2D eigenvalue weighted by atomic mass is 10.2. The highest BCUT2D eigenvalue weighted by atomic mass is 35.5. The normalized spacial score (nSPS) is 11.7. The van der Waals surface area contributed by atoms with Gasteiger partial charge in [0.15, 0.2) is 0 Å². The van der Waals surface area contributed by atoms with Gasteiger partial charge in [0.05, 0.1) is 12.3 Å². The minimum Gasteiger partial charge on any atom is -0.419 e. The summed E-state index contributed by atoms with van der Waals surface area (Å²) < 4.78 is 31.2. The number of hydrogen-bond donors (Lipinski definition) is 1. The third-order valence-corrected chi connectivity index (χ3v) is 4.43. The predicted molar refractivity (Wildman–Crippen MR) is 80.3 cm³/mol. The van der Waals surface area contributed by atoms with Gasteiger partial charge in [0.2, 0.25) is 21.8 Å². The highest BCUT2D eigenvalue weighted by molar-refractivity contribution is 7.89. The van der Waals surface area contributed by atoms with Gasteiger partial charge in [-0.15, -0.1) is 10.2 Å². The van der Waals surface area contributed by atoms with E-state index in [1.807, 2.05) is 6.92 Å². The summed E-state index contributed by atoms with van der Waals surface area (Å²) in [6.07, 6.45) is 1.44. The minimum absolute atomic E-state index is 0.00730. The van der Waals surface area contributed by atoms with Crippen molar-refractivity contribution < 1.29 is 12.8 Å². The predicted octanol–water partition coefficient (Wildman–Crippen LogP) is 2.61. The Morgan fingerprint density at radius 2 is 1.95 bits per heavy atom. The van der Waals surface area contributed by atoms with E-state index in [1.54, 1.807) is 24.3 Å². The molecule has 0 saturated carbocycles. The van der Waals surface area contributed by atoms with E-state index in [0.717, 1.165) is 12.0 Å². The van der Waals surface area contributed by atoms with E-state index in [-0.39, 0.29) is 18.2 Å². The van der Waals surface area contributed by atoms with Crippen LogP contribution in [0.25, 0.3) is 11.5 Å². The lowest BCUT2D eigenvalue weighted by molar-refractivity contribution is 0.494. The number of benzene rings is 1. The fourth-order valence-electron chi connectivity index (χ4n) is 1.61. The monoisotopic (exact) mass is 329 g/mol. The van der Waals surface area contributed by atoms with Gasteiger partial charge in [0.25, 0.3) is 0 Å². The number of hydrogen-bond acceptors (Lipinski definition) is 5. The smallest absolute Gasteiger partial charge is 0.247 e. The van der Waals surface area contributed by atoms with Crippen molar-refractivity contribution in [2.45, 2.75) is 26.3 Å². The van der Waals surface area contributed by atoms with E-state index in [2.05, 4.69) is 14.9 Å². The molecule has 2 aromatic rings. The number of nitrogens with zero attached hydrogens (tertiary/aromatic N) is 2. The Morgan fingerprint density at radius 3 is 2.62 bits per heavy atom. The van der Waals surface area contributed by atoms with Crippen molar-refractivity contribution in [2.75, 3.05) is 5.75 Å². The molecule has 0 atom stereocenters. The van der Waals surface area contributed by atoms with Crippen LogP contribution in [0.1, 0.15) is 25.7 Å². The Morgan fingerprint density at radius 1 is 1.24 bits per heavy atom. The van der Waals surface area contributed by atoms with Crippen LogP contribution in [0.4, 0.5) is 0 Å². The van der Waals surface area contributed by atoms with E-state index in [9.17, 15) is 8.42 Å². The van der Waals surface area contributed by atoms with Crippen LogP contribution in [-0.2, 0) is 16.6 Å². The van der Waals surface area contributed by atoms with Gasteiger partial charge in [-0.25, -0.2) is 13.1 Å². The summed E-state index contributed by atoms with van der Waals surface area (Å²) in [6, 6.07) is 6.94. The topological polar surface area (TPSA) is 85.1 Å². The maximum atomic E-state index is 11.7. The summed E-state index contributed by atoms with van der Waals surface area (Å²) >= 11 is 5.80. The molecule has 0 saturated heterocycles. The molecule has 0 aliphatic heterocycles. The van der Waals surface area contributed by atoms with Crippen molar-refractivity contribution in [2.24, 2.45) is 0 Å². The summed E-state index contributed by atoms with van der Waals surface area (Å²) in [6.45, 7) is 1.93. The number of sulfonamides is 1. The van der Waals surface area contributed by atoms with Crippen LogP contribution in [0.15, 0.2) is 28.7 Å². The zero-order valence-electron chi connectivity index (χ0n) is 11.5. The third-order valence-electron chi connectivity index (χ3n) is 2.77. The average molecular weight is 330 g/mol. The molecule has 0 spiro atoms. The molecule has 0 aliphatic carbocycles. The average Bonchev–Trinajstić information content (AvgIpc) is 2.93. The highest BCUT2D eigenvalue weighted by Gasteiger charge is 2.13. The van der Waals surface area contributed by atoms with Gasteiger partial charge in [0.1, 0.15) is 0 Å². The Bertz CT molecular complexity index is 683. The molecule has 0 unspecified atom stereocenters. The molecule has 0 bridgehead atoms. The first-order valence-electron chi connectivity index (χ1n) is 6.56. The second-order valence-electron chi connectivity index (χ2n) is 4.50. The number of nitrogens with one attached hydrogen (secondary N) is 1.